The summed E-state index contributed by atoms with van der Waals surface area (Å²) in [6.45, 7) is 1.96. The van der Waals surface area contributed by atoms with Crippen molar-refractivity contribution < 1.29 is 19.1 Å². The number of hydrogen-bond acceptors (Lipinski definition) is 5. The molecule has 0 unspecified atom stereocenters. The highest BCUT2D eigenvalue weighted by molar-refractivity contribution is 6.30. The number of hydrogen-bond donors (Lipinski definition) is 0. The Morgan fingerprint density at radius 1 is 0.857 bits per heavy atom. The zero-order valence-electron chi connectivity index (χ0n) is 19.3. The van der Waals surface area contributed by atoms with Gasteiger partial charge >= 0.3 is 5.97 Å². The van der Waals surface area contributed by atoms with E-state index in [1.165, 1.54) is 0 Å². The van der Waals surface area contributed by atoms with Gasteiger partial charge in [0.25, 0.3) is 0 Å². The van der Waals surface area contributed by atoms with Crippen molar-refractivity contribution in [3.8, 4) is 5.75 Å². The number of fused-ring (bicyclic) bond motifs is 3. The molecule has 172 valence electrons. The van der Waals surface area contributed by atoms with E-state index in [2.05, 4.69) is 0 Å². The van der Waals surface area contributed by atoms with Gasteiger partial charge in [0.15, 0.2) is 11.6 Å². The molecule has 0 aromatic heterocycles. The van der Waals surface area contributed by atoms with Crippen LogP contribution in [0.1, 0.15) is 62.6 Å². The number of benzene rings is 3. The lowest BCUT2D eigenvalue weighted by molar-refractivity contribution is -0.116. The van der Waals surface area contributed by atoms with Crippen molar-refractivity contribution in [1.82, 2.24) is 0 Å². The van der Waals surface area contributed by atoms with E-state index in [0.29, 0.717) is 28.9 Å². The van der Waals surface area contributed by atoms with Gasteiger partial charge in [-0.05, 0) is 49.6 Å². The highest BCUT2D eigenvalue weighted by atomic mass is 16.5. The van der Waals surface area contributed by atoms with Crippen LogP contribution < -0.4 is 4.74 Å². The normalized spacial score (nSPS) is 20.7. The first kappa shape index (κ1) is 21.4. The number of rotatable bonds is 3. The van der Waals surface area contributed by atoms with Gasteiger partial charge in [-0.1, -0.05) is 54.1 Å². The second-order valence-corrected chi connectivity index (χ2v) is 9.32. The summed E-state index contributed by atoms with van der Waals surface area (Å²) in [5, 5.41) is 0. The Bertz CT molecular complexity index is 1440. The molecule has 3 aliphatic rings. The number of ether oxygens (including phenoxy) is 1. The second kappa shape index (κ2) is 8.27. The minimum atomic E-state index is -0.519. The topological polar surface area (TPSA) is 72.8 Å². The third kappa shape index (κ3) is 3.55. The molecule has 0 N–H and O–H groups in total. The average Bonchev–Trinajstić information content (AvgIpc) is 3.16. The lowest BCUT2D eigenvalue weighted by atomic mass is 9.71. The van der Waals surface area contributed by atoms with Crippen molar-refractivity contribution >= 4 is 23.2 Å². The molecule has 1 aliphatic heterocycles. The van der Waals surface area contributed by atoms with Crippen molar-refractivity contribution in [2.75, 3.05) is 0 Å². The molecule has 2 atom stereocenters. The Balaban J connectivity index is 1.36. The van der Waals surface area contributed by atoms with Gasteiger partial charge < -0.3 is 4.74 Å². The van der Waals surface area contributed by atoms with Crippen LogP contribution in [0, 0.1) is 12.8 Å². The van der Waals surface area contributed by atoms with Crippen LogP contribution in [0.2, 0.25) is 0 Å². The summed E-state index contributed by atoms with van der Waals surface area (Å²) in [5.41, 5.74) is 6.14. The number of esters is 1. The summed E-state index contributed by atoms with van der Waals surface area (Å²) in [7, 11) is 0. The quantitative estimate of drug-likeness (QED) is 0.375. The van der Waals surface area contributed by atoms with Gasteiger partial charge in [0.2, 0.25) is 0 Å². The minimum absolute atomic E-state index is 0.00384. The Labute approximate surface area is 203 Å². The molecule has 0 fully saturated rings. The maximum atomic E-state index is 13.5. The largest absolute Gasteiger partial charge is 0.423 e. The standard InChI is InChI=1S/C30H23NO4/c1-17-9-11-19(12-10-17)30(34)35-20-15-13-18(14-16-20)25-26-23(7-4-8-24(26)32)31-28-21-5-2-3-6-22(21)29(33)27(25)28/h2-3,5-6,9-16,25,27H,4,7-8H2,1H3/t25-,27-/m0/s1. The SMILES string of the molecule is Cc1ccc(C(=O)Oc2ccc([C@H]3C4=C(CCCC4=O)N=C4c5ccccc5C(=O)[C@H]43)cc2)cc1. The third-order valence-electron chi connectivity index (χ3n) is 7.11. The summed E-state index contributed by atoms with van der Waals surface area (Å²) in [4.78, 5) is 44.0. The molecule has 0 amide bonds. The number of aliphatic imine (C=N–C) groups is 1. The first-order valence-electron chi connectivity index (χ1n) is 11.9. The van der Waals surface area contributed by atoms with Gasteiger partial charge in [-0.3, -0.25) is 14.6 Å². The van der Waals surface area contributed by atoms with Crippen LogP contribution >= 0.6 is 0 Å². The highest BCUT2D eigenvalue weighted by Crippen LogP contribution is 2.48. The Morgan fingerprint density at radius 2 is 1.57 bits per heavy atom. The molecule has 0 saturated carbocycles. The van der Waals surface area contributed by atoms with Gasteiger partial charge in [0.05, 0.1) is 17.2 Å². The van der Waals surface area contributed by atoms with Crippen molar-refractivity contribution in [2.24, 2.45) is 10.9 Å². The molecular weight excluding hydrogens is 438 g/mol. The molecule has 5 heteroatoms. The van der Waals surface area contributed by atoms with Crippen LogP contribution in [0.5, 0.6) is 5.75 Å². The maximum Gasteiger partial charge on any atom is 0.343 e. The summed E-state index contributed by atoms with van der Waals surface area (Å²) >= 11 is 0. The zero-order chi connectivity index (χ0) is 24.1. The van der Waals surface area contributed by atoms with Crippen molar-refractivity contribution in [3.05, 3.63) is 112 Å². The number of allylic oxidation sites excluding steroid dienone is 2. The Hall–Kier alpha value is -4.12. The van der Waals surface area contributed by atoms with E-state index in [4.69, 9.17) is 9.73 Å². The first-order chi connectivity index (χ1) is 17.0. The number of Topliss-reactive ketones (excluding diaryl/α,β-unsaturated/α-hetero) is 2. The van der Waals surface area contributed by atoms with Gasteiger partial charge in [0.1, 0.15) is 5.75 Å². The van der Waals surface area contributed by atoms with E-state index < -0.39 is 17.8 Å². The molecule has 0 bridgehead atoms. The smallest absolute Gasteiger partial charge is 0.343 e. The number of aryl methyl sites for hydroxylation is 1. The van der Waals surface area contributed by atoms with Crippen LogP contribution in [0.25, 0.3) is 0 Å². The van der Waals surface area contributed by atoms with Gasteiger partial charge in [-0.2, -0.15) is 0 Å². The van der Waals surface area contributed by atoms with E-state index >= 15 is 0 Å². The number of ketones is 2. The number of carbonyl (C=O) groups is 3. The molecule has 1 heterocycles. The van der Waals surface area contributed by atoms with E-state index in [1.807, 2.05) is 55.5 Å². The summed E-state index contributed by atoms with van der Waals surface area (Å²) in [6.07, 6.45) is 1.98. The van der Waals surface area contributed by atoms with Crippen LogP contribution in [-0.2, 0) is 4.79 Å². The fourth-order valence-electron chi connectivity index (χ4n) is 5.41. The molecule has 3 aromatic carbocycles. The van der Waals surface area contributed by atoms with Crippen LogP contribution in [0.4, 0.5) is 0 Å². The monoisotopic (exact) mass is 461 g/mol. The lowest BCUT2D eigenvalue weighted by Gasteiger charge is -2.33. The van der Waals surface area contributed by atoms with E-state index in [-0.39, 0.29) is 11.6 Å². The first-order valence-corrected chi connectivity index (χ1v) is 11.9. The molecule has 5 nitrogen and oxygen atoms in total. The molecule has 0 radical (unpaired) electrons. The fraction of sp³-hybridized carbons (Fsp3) is 0.200. The van der Waals surface area contributed by atoms with E-state index in [1.54, 1.807) is 24.3 Å². The van der Waals surface area contributed by atoms with Gasteiger partial charge in [-0.15, -0.1) is 0 Å². The zero-order valence-corrected chi connectivity index (χ0v) is 19.3. The average molecular weight is 462 g/mol. The van der Waals surface area contributed by atoms with Crippen molar-refractivity contribution in [1.29, 1.82) is 0 Å². The molecule has 0 saturated heterocycles. The van der Waals surface area contributed by atoms with Gasteiger partial charge in [0, 0.05) is 34.7 Å². The van der Waals surface area contributed by atoms with E-state index in [0.717, 1.165) is 40.9 Å². The predicted octanol–water partition coefficient (Wildman–Crippen LogP) is 5.62. The second-order valence-electron chi connectivity index (χ2n) is 9.32. The van der Waals surface area contributed by atoms with Crippen LogP contribution in [0.15, 0.2) is 89.1 Å². The number of nitrogens with zero attached hydrogens (tertiary/aromatic N) is 1. The number of carbonyl (C=O) groups excluding carboxylic acids is 3. The molecule has 2 aliphatic carbocycles. The third-order valence-corrected chi connectivity index (χ3v) is 7.11. The maximum absolute atomic E-state index is 13.5. The Morgan fingerprint density at radius 3 is 2.31 bits per heavy atom. The summed E-state index contributed by atoms with van der Waals surface area (Å²) in [6, 6.07) is 21.9. The molecule has 6 rings (SSSR count). The Kier molecular flexibility index (Phi) is 5.06. The highest BCUT2D eigenvalue weighted by Gasteiger charge is 2.48. The fourth-order valence-corrected chi connectivity index (χ4v) is 5.41. The van der Waals surface area contributed by atoms with E-state index in [9.17, 15) is 14.4 Å². The molecular formula is C30H23NO4. The molecule has 3 aromatic rings. The minimum Gasteiger partial charge on any atom is -0.423 e. The lowest BCUT2D eigenvalue weighted by Crippen LogP contribution is -2.33. The molecule has 35 heavy (non-hydrogen) atoms. The van der Waals surface area contributed by atoms with Crippen molar-refractivity contribution in [2.45, 2.75) is 32.1 Å². The molecule has 0 spiro atoms. The van der Waals surface area contributed by atoms with Crippen molar-refractivity contribution in [3.63, 3.8) is 0 Å². The van der Waals surface area contributed by atoms with Crippen LogP contribution in [-0.4, -0.2) is 23.2 Å². The summed E-state index contributed by atoms with van der Waals surface area (Å²) in [5.74, 6) is -0.865. The predicted molar refractivity (Wildman–Crippen MR) is 132 cm³/mol. The van der Waals surface area contributed by atoms with Crippen LogP contribution in [0.3, 0.4) is 0 Å². The van der Waals surface area contributed by atoms with Gasteiger partial charge in [-0.25, -0.2) is 4.79 Å². The summed E-state index contributed by atoms with van der Waals surface area (Å²) < 4.78 is 5.56.